The van der Waals surface area contributed by atoms with E-state index in [4.69, 9.17) is 4.74 Å². The lowest BCUT2D eigenvalue weighted by atomic mass is 10.1. The molecule has 5 nitrogen and oxygen atoms in total. The largest absolute Gasteiger partial charge is 0.469 e. The van der Waals surface area contributed by atoms with Crippen LogP contribution in [0.4, 0.5) is 0 Å². The molecule has 122 valence electrons. The van der Waals surface area contributed by atoms with Crippen LogP contribution in [0, 0.1) is 13.8 Å². The summed E-state index contributed by atoms with van der Waals surface area (Å²) in [6.45, 7) is 3.80. The Morgan fingerprint density at radius 2 is 1.79 bits per heavy atom. The Kier molecular flexibility index (Phi) is 4.16. The number of aromatic nitrogens is 2. The number of aryl methyl sites for hydroxylation is 2. The maximum atomic E-state index is 13.2. The number of ether oxygens (including phenoxy) is 1. The molecule has 0 spiro atoms. The van der Waals surface area contributed by atoms with Gasteiger partial charge < -0.3 is 4.74 Å². The number of hydrogen-bond donors (Lipinski definition) is 0. The lowest BCUT2D eigenvalue weighted by Gasteiger charge is -2.15. The quantitative estimate of drug-likeness (QED) is 0.696. The van der Waals surface area contributed by atoms with Gasteiger partial charge in [0.1, 0.15) is 12.2 Å². The van der Waals surface area contributed by atoms with Crippen molar-refractivity contribution in [3.05, 3.63) is 69.8 Å². The van der Waals surface area contributed by atoms with E-state index in [1.165, 1.54) is 11.7 Å². The molecular weight excluding hydrogens is 304 g/mol. The Morgan fingerprint density at radius 3 is 2.50 bits per heavy atom. The van der Waals surface area contributed by atoms with Gasteiger partial charge in [-0.1, -0.05) is 30.3 Å². The Labute approximate surface area is 139 Å². The van der Waals surface area contributed by atoms with Gasteiger partial charge in [-0.15, -0.1) is 0 Å². The summed E-state index contributed by atoms with van der Waals surface area (Å²) in [5.74, 6) is -0.0597. The van der Waals surface area contributed by atoms with Gasteiger partial charge in [0.05, 0.1) is 23.7 Å². The SMILES string of the molecule is COC(=O)Cc1nc2cccc(C)c2c(=O)n1-c1ccccc1C. The Bertz CT molecular complexity index is 990. The molecule has 0 atom stereocenters. The van der Waals surface area contributed by atoms with Crippen molar-refractivity contribution in [2.45, 2.75) is 20.3 Å². The topological polar surface area (TPSA) is 61.2 Å². The van der Waals surface area contributed by atoms with Crippen molar-refractivity contribution in [3.8, 4) is 5.69 Å². The van der Waals surface area contributed by atoms with Crippen LogP contribution in [-0.4, -0.2) is 22.6 Å². The van der Waals surface area contributed by atoms with Gasteiger partial charge in [-0.25, -0.2) is 4.98 Å². The molecule has 0 saturated heterocycles. The minimum absolute atomic E-state index is 0.0655. The van der Waals surface area contributed by atoms with Crippen LogP contribution in [0.1, 0.15) is 17.0 Å². The summed E-state index contributed by atoms with van der Waals surface area (Å²) >= 11 is 0. The van der Waals surface area contributed by atoms with Gasteiger partial charge >= 0.3 is 5.97 Å². The third kappa shape index (κ3) is 2.69. The summed E-state index contributed by atoms with van der Waals surface area (Å²) < 4.78 is 6.27. The van der Waals surface area contributed by atoms with Crippen LogP contribution >= 0.6 is 0 Å². The van der Waals surface area contributed by atoms with Gasteiger partial charge in [-0.05, 0) is 37.1 Å². The molecule has 0 unspecified atom stereocenters. The highest BCUT2D eigenvalue weighted by Crippen LogP contribution is 2.18. The molecule has 0 amide bonds. The van der Waals surface area contributed by atoms with Crippen LogP contribution in [0.3, 0.4) is 0 Å². The molecule has 0 N–H and O–H groups in total. The number of benzene rings is 2. The first-order valence-electron chi connectivity index (χ1n) is 7.67. The van der Waals surface area contributed by atoms with Crippen LogP contribution < -0.4 is 5.56 Å². The fourth-order valence-electron chi connectivity index (χ4n) is 2.82. The normalized spacial score (nSPS) is 10.8. The van der Waals surface area contributed by atoms with Crippen molar-refractivity contribution in [1.82, 2.24) is 9.55 Å². The second-order valence-electron chi connectivity index (χ2n) is 5.68. The maximum Gasteiger partial charge on any atom is 0.313 e. The van der Waals surface area contributed by atoms with Gasteiger partial charge in [0, 0.05) is 0 Å². The summed E-state index contributed by atoms with van der Waals surface area (Å²) in [5, 5.41) is 0.564. The smallest absolute Gasteiger partial charge is 0.313 e. The standard InChI is InChI=1S/C19H18N2O3/c1-12-7-4-5-10-15(12)21-16(11-17(22)24-3)20-14-9-6-8-13(2)18(14)19(21)23/h4-10H,11H2,1-3H3. The van der Waals surface area contributed by atoms with Crippen LogP contribution in [-0.2, 0) is 16.0 Å². The highest BCUT2D eigenvalue weighted by atomic mass is 16.5. The van der Waals surface area contributed by atoms with E-state index >= 15 is 0 Å². The number of para-hydroxylation sites is 1. The van der Waals surface area contributed by atoms with Gasteiger partial charge in [-0.3, -0.25) is 14.2 Å². The number of carbonyl (C=O) groups excluding carboxylic acids is 1. The molecule has 0 radical (unpaired) electrons. The second kappa shape index (κ2) is 6.28. The van der Waals surface area contributed by atoms with Gasteiger partial charge in [0.15, 0.2) is 0 Å². The summed E-state index contributed by atoms with van der Waals surface area (Å²) in [4.78, 5) is 29.5. The monoisotopic (exact) mass is 322 g/mol. The third-order valence-corrected chi connectivity index (χ3v) is 4.06. The van der Waals surface area contributed by atoms with Crippen molar-refractivity contribution >= 4 is 16.9 Å². The van der Waals surface area contributed by atoms with E-state index in [0.717, 1.165) is 16.8 Å². The number of methoxy groups -OCH3 is 1. The lowest BCUT2D eigenvalue weighted by molar-refractivity contribution is -0.139. The molecule has 0 aliphatic heterocycles. The number of nitrogens with zero attached hydrogens (tertiary/aromatic N) is 2. The van der Waals surface area contributed by atoms with Crippen molar-refractivity contribution < 1.29 is 9.53 Å². The van der Waals surface area contributed by atoms with Crippen LogP contribution in [0.5, 0.6) is 0 Å². The number of hydrogen-bond acceptors (Lipinski definition) is 4. The lowest BCUT2D eigenvalue weighted by Crippen LogP contribution is -2.27. The van der Waals surface area contributed by atoms with Crippen LogP contribution in [0.15, 0.2) is 47.3 Å². The van der Waals surface area contributed by atoms with Crippen molar-refractivity contribution in [3.63, 3.8) is 0 Å². The number of rotatable bonds is 3. The molecule has 0 aliphatic carbocycles. The average molecular weight is 322 g/mol. The van der Waals surface area contributed by atoms with Crippen molar-refractivity contribution in [2.24, 2.45) is 0 Å². The molecule has 0 aliphatic rings. The third-order valence-electron chi connectivity index (χ3n) is 4.06. The zero-order valence-corrected chi connectivity index (χ0v) is 13.9. The molecule has 0 bridgehead atoms. The molecule has 1 aromatic heterocycles. The van der Waals surface area contributed by atoms with Gasteiger partial charge in [0.25, 0.3) is 5.56 Å². The number of esters is 1. The minimum Gasteiger partial charge on any atom is -0.469 e. The second-order valence-corrected chi connectivity index (χ2v) is 5.68. The van der Waals surface area contributed by atoms with Crippen LogP contribution in [0.25, 0.3) is 16.6 Å². The molecule has 24 heavy (non-hydrogen) atoms. The minimum atomic E-state index is -0.434. The predicted molar refractivity (Wildman–Crippen MR) is 92.5 cm³/mol. The molecule has 2 aromatic carbocycles. The summed E-state index contributed by atoms with van der Waals surface area (Å²) in [7, 11) is 1.32. The summed E-state index contributed by atoms with van der Waals surface area (Å²) in [5.41, 5.74) is 2.92. The van der Waals surface area contributed by atoms with E-state index in [1.807, 2.05) is 50.2 Å². The molecule has 0 fully saturated rings. The van der Waals surface area contributed by atoms with Crippen molar-refractivity contribution in [1.29, 1.82) is 0 Å². The molecule has 3 rings (SSSR count). The predicted octanol–water partition coefficient (Wildman–Crippen LogP) is 2.72. The molecule has 0 saturated carbocycles. The Hall–Kier alpha value is -2.95. The van der Waals surface area contributed by atoms with E-state index in [9.17, 15) is 9.59 Å². The Balaban J connectivity index is 2.40. The van der Waals surface area contributed by atoms with E-state index in [1.54, 1.807) is 6.07 Å². The Morgan fingerprint density at radius 1 is 1.08 bits per heavy atom. The first kappa shape index (κ1) is 15.9. The molecule has 3 aromatic rings. The first-order valence-corrected chi connectivity index (χ1v) is 7.67. The summed E-state index contributed by atoms with van der Waals surface area (Å²) in [6.07, 6.45) is -0.0655. The van der Waals surface area contributed by atoms with E-state index < -0.39 is 5.97 Å². The van der Waals surface area contributed by atoms with E-state index in [-0.39, 0.29) is 12.0 Å². The number of carbonyl (C=O) groups is 1. The van der Waals surface area contributed by atoms with Gasteiger partial charge in [0.2, 0.25) is 0 Å². The molecular formula is C19H18N2O3. The zero-order chi connectivity index (χ0) is 17.3. The van der Waals surface area contributed by atoms with Crippen LogP contribution in [0.2, 0.25) is 0 Å². The molecule has 1 heterocycles. The van der Waals surface area contributed by atoms with E-state index in [0.29, 0.717) is 16.7 Å². The van der Waals surface area contributed by atoms with E-state index in [2.05, 4.69) is 4.98 Å². The highest BCUT2D eigenvalue weighted by Gasteiger charge is 2.17. The van der Waals surface area contributed by atoms with Gasteiger partial charge in [-0.2, -0.15) is 0 Å². The fourth-order valence-corrected chi connectivity index (χ4v) is 2.82. The maximum absolute atomic E-state index is 13.2. The first-order chi connectivity index (χ1) is 11.5. The summed E-state index contributed by atoms with van der Waals surface area (Å²) in [6, 6.07) is 13.1. The van der Waals surface area contributed by atoms with Crippen molar-refractivity contribution in [2.75, 3.05) is 7.11 Å². The highest BCUT2D eigenvalue weighted by molar-refractivity contribution is 5.82. The zero-order valence-electron chi connectivity index (χ0n) is 13.9. The average Bonchev–Trinajstić information content (AvgIpc) is 2.56. The molecule has 5 heteroatoms. The fraction of sp³-hybridized carbons (Fsp3) is 0.211. The number of fused-ring (bicyclic) bond motifs is 1.